The molecule has 1 aromatic heterocycles. The van der Waals surface area contributed by atoms with Gasteiger partial charge in [-0.3, -0.25) is 4.79 Å². The number of methoxy groups -OCH3 is 3. The van der Waals surface area contributed by atoms with Crippen molar-refractivity contribution < 1.29 is 19.0 Å². The molecule has 0 fully saturated rings. The summed E-state index contributed by atoms with van der Waals surface area (Å²) in [5.74, 6) is 1.97. The lowest BCUT2D eigenvalue weighted by Crippen LogP contribution is -2.26. The lowest BCUT2D eigenvalue weighted by atomic mass is 10.2. The normalized spacial score (nSPS) is 10.6. The van der Waals surface area contributed by atoms with Crippen molar-refractivity contribution in [1.29, 1.82) is 0 Å². The molecule has 3 rings (SSSR count). The minimum atomic E-state index is -0.0804. The largest absolute Gasteiger partial charge is 0.495 e. The van der Waals surface area contributed by atoms with E-state index in [-0.39, 0.29) is 12.5 Å². The van der Waals surface area contributed by atoms with Gasteiger partial charge in [-0.1, -0.05) is 18.2 Å². The second-order valence-corrected chi connectivity index (χ2v) is 5.81. The number of aromatic nitrogens is 1. The van der Waals surface area contributed by atoms with E-state index < -0.39 is 0 Å². The maximum absolute atomic E-state index is 12.4. The molecule has 6 heteroatoms. The zero-order valence-corrected chi connectivity index (χ0v) is 15.1. The molecule has 136 valence electrons. The zero-order chi connectivity index (χ0) is 18.5. The Morgan fingerprint density at radius 3 is 2.46 bits per heavy atom. The number of fused-ring (bicyclic) bond motifs is 1. The highest BCUT2D eigenvalue weighted by Crippen LogP contribution is 2.28. The van der Waals surface area contributed by atoms with Crippen LogP contribution >= 0.6 is 0 Å². The van der Waals surface area contributed by atoms with Gasteiger partial charge in [-0.05, 0) is 29.8 Å². The molecular formula is C20H22N2O4. The van der Waals surface area contributed by atoms with Crippen molar-refractivity contribution in [3.05, 3.63) is 54.2 Å². The Hall–Kier alpha value is -3.15. The summed E-state index contributed by atoms with van der Waals surface area (Å²) in [5.41, 5.74) is 1.85. The fourth-order valence-corrected chi connectivity index (χ4v) is 2.92. The van der Waals surface area contributed by atoms with Crippen LogP contribution in [-0.4, -0.2) is 31.8 Å². The summed E-state index contributed by atoms with van der Waals surface area (Å²) in [6.07, 6.45) is 1.89. The van der Waals surface area contributed by atoms with Crippen molar-refractivity contribution in [1.82, 2.24) is 9.88 Å². The Bertz CT molecular complexity index is 917. The number of carbonyl (C=O) groups excluding carboxylic acids is 1. The lowest BCUT2D eigenvalue weighted by molar-refractivity contribution is -0.121. The third-order valence-electron chi connectivity index (χ3n) is 4.22. The molecule has 0 spiro atoms. The molecule has 0 aliphatic rings. The SMILES string of the molecule is COc1ccc(CNC(=O)Cn2ccc3cccc(OC)c32)cc1OC. The van der Waals surface area contributed by atoms with Crippen molar-refractivity contribution in [3.63, 3.8) is 0 Å². The lowest BCUT2D eigenvalue weighted by Gasteiger charge is -2.11. The maximum Gasteiger partial charge on any atom is 0.240 e. The molecule has 0 aliphatic heterocycles. The van der Waals surface area contributed by atoms with Crippen molar-refractivity contribution >= 4 is 16.8 Å². The van der Waals surface area contributed by atoms with Crippen LogP contribution in [0.25, 0.3) is 10.9 Å². The highest BCUT2D eigenvalue weighted by molar-refractivity contribution is 5.87. The number of para-hydroxylation sites is 1. The van der Waals surface area contributed by atoms with E-state index in [4.69, 9.17) is 14.2 Å². The van der Waals surface area contributed by atoms with Gasteiger partial charge in [0, 0.05) is 18.1 Å². The Kier molecular flexibility index (Phi) is 5.31. The molecule has 2 aromatic carbocycles. The van der Waals surface area contributed by atoms with E-state index >= 15 is 0 Å². The van der Waals surface area contributed by atoms with Gasteiger partial charge >= 0.3 is 0 Å². The van der Waals surface area contributed by atoms with Crippen molar-refractivity contribution in [2.24, 2.45) is 0 Å². The number of amides is 1. The summed E-state index contributed by atoms with van der Waals surface area (Å²) in [6.45, 7) is 0.632. The zero-order valence-electron chi connectivity index (χ0n) is 15.1. The second kappa shape index (κ2) is 7.82. The van der Waals surface area contributed by atoms with Gasteiger partial charge < -0.3 is 24.1 Å². The minimum Gasteiger partial charge on any atom is -0.495 e. The molecule has 6 nitrogen and oxygen atoms in total. The van der Waals surface area contributed by atoms with Crippen LogP contribution in [0.5, 0.6) is 17.2 Å². The molecule has 1 amide bonds. The van der Waals surface area contributed by atoms with Gasteiger partial charge in [-0.25, -0.2) is 0 Å². The van der Waals surface area contributed by atoms with E-state index in [0.717, 1.165) is 22.2 Å². The van der Waals surface area contributed by atoms with Gasteiger partial charge in [-0.2, -0.15) is 0 Å². The molecule has 0 unspecified atom stereocenters. The highest BCUT2D eigenvalue weighted by atomic mass is 16.5. The Labute approximate surface area is 152 Å². The summed E-state index contributed by atoms with van der Waals surface area (Å²) in [4.78, 5) is 12.4. The summed E-state index contributed by atoms with van der Waals surface area (Å²) < 4.78 is 17.8. The molecule has 26 heavy (non-hydrogen) atoms. The van der Waals surface area contributed by atoms with Gasteiger partial charge in [0.1, 0.15) is 12.3 Å². The Morgan fingerprint density at radius 1 is 0.962 bits per heavy atom. The molecule has 1 heterocycles. The molecule has 0 saturated carbocycles. The first-order chi connectivity index (χ1) is 12.7. The van der Waals surface area contributed by atoms with Crippen molar-refractivity contribution in [2.75, 3.05) is 21.3 Å². The number of hydrogen-bond acceptors (Lipinski definition) is 4. The van der Waals surface area contributed by atoms with Crippen LogP contribution in [0.15, 0.2) is 48.7 Å². The fraction of sp³-hybridized carbons (Fsp3) is 0.250. The van der Waals surface area contributed by atoms with E-state index in [0.29, 0.717) is 18.0 Å². The van der Waals surface area contributed by atoms with Crippen LogP contribution in [0.3, 0.4) is 0 Å². The Morgan fingerprint density at radius 2 is 1.73 bits per heavy atom. The third kappa shape index (κ3) is 3.59. The van der Waals surface area contributed by atoms with E-state index in [1.165, 1.54) is 0 Å². The molecule has 3 aromatic rings. The van der Waals surface area contributed by atoms with Crippen molar-refractivity contribution in [2.45, 2.75) is 13.1 Å². The Balaban J connectivity index is 1.68. The number of rotatable bonds is 7. The molecule has 0 aliphatic carbocycles. The van der Waals surface area contributed by atoms with Crippen LogP contribution in [-0.2, 0) is 17.9 Å². The molecule has 1 N–H and O–H groups in total. The summed E-state index contributed by atoms with van der Waals surface area (Å²) in [7, 11) is 4.81. The maximum atomic E-state index is 12.4. The number of ether oxygens (including phenoxy) is 3. The number of nitrogens with one attached hydrogen (secondary N) is 1. The quantitative estimate of drug-likeness (QED) is 0.709. The van der Waals surface area contributed by atoms with Gasteiger partial charge in [0.05, 0.1) is 26.8 Å². The first-order valence-electron chi connectivity index (χ1n) is 8.25. The van der Waals surface area contributed by atoms with E-state index in [9.17, 15) is 4.79 Å². The average Bonchev–Trinajstić information content (AvgIpc) is 3.09. The van der Waals surface area contributed by atoms with Gasteiger partial charge in [0.25, 0.3) is 0 Å². The first kappa shape index (κ1) is 17.7. The summed E-state index contributed by atoms with van der Waals surface area (Å²) in [6, 6.07) is 13.4. The predicted octanol–water partition coefficient (Wildman–Crippen LogP) is 2.98. The van der Waals surface area contributed by atoms with Crippen LogP contribution < -0.4 is 19.5 Å². The molecule has 0 bridgehead atoms. The standard InChI is InChI=1S/C20H22N2O4/c1-24-16-8-7-14(11-18(16)26-3)12-21-19(23)13-22-10-9-15-5-4-6-17(25-2)20(15)22/h4-11H,12-13H2,1-3H3,(H,21,23). The number of hydrogen-bond donors (Lipinski definition) is 1. The van der Waals surface area contributed by atoms with E-state index in [2.05, 4.69) is 5.32 Å². The third-order valence-corrected chi connectivity index (χ3v) is 4.22. The van der Waals surface area contributed by atoms with Crippen molar-refractivity contribution in [3.8, 4) is 17.2 Å². The molecular weight excluding hydrogens is 332 g/mol. The molecule has 0 atom stereocenters. The fourth-order valence-electron chi connectivity index (χ4n) is 2.92. The van der Waals surface area contributed by atoms with E-state index in [1.807, 2.05) is 53.2 Å². The second-order valence-electron chi connectivity index (χ2n) is 5.81. The smallest absolute Gasteiger partial charge is 0.240 e. The van der Waals surface area contributed by atoms with Gasteiger partial charge in [0.2, 0.25) is 5.91 Å². The van der Waals surface area contributed by atoms with E-state index in [1.54, 1.807) is 21.3 Å². The minimum absolute atomic E-state index is 0.0804. The van der Waals surface area contributed by atoms with Crippen LogP contribution in [0.1, 0.15) is 5.56 Å². The number of carbonyl (C=O) groups is 1. The number of benzene rings is 2. The molecule has 0 radical (unpaired) electrons. The van der Waals surface area contributed by atoms with Crippen LogP contribution in [0.4, 0.5) is 0 Å². The first-order valence-corrected chi connectivity index (χ1v) is 8.25. The predicted molar refractivity (Wildman–Crippen MR) is 99.9 cm³/mol. The summed E-state index contributed by atoms with van der Waals surface area (Å²) >= 11 is 0. The van der Waals surface area contributed by atoms with Crippen LogP contribution in [0, 0.1) is 0 Å². The monoisotopic (exact) mass is 354 g/mol. The molecule has 0 saturated heterocycles. The average molecular weight is 354 g/mol. The topological polar surface area (TPSA) is 61.7 Å². The highest BCUT2D eigenvalue weighted by Gasteiger charge is 2.11. The van der Waals surface area contributed by atoms with Gasteiger partial charge in [0.15, 0.2) is 11.5 Å². The number of nitrogens with zero attached hydrogens (tertiary/aromatic N) is 1. The van der Waals surface area contributed by atoms with Gasteiger partial charge in [-0.15, -0.1) is 0 Å². The summed E-state index contributed by atoms with van der Waals surface area (Å²) in [5, 5.41) is 3.97. The van der Waals surface area contributed by atoms with Crippen LogP contribution in [0.2, 0.25) is 0 Å².